The van der Waals surface area contributed by atoms with E-state index in [0.29, 0.717) is 28.9 Å². The van der Waals surface area contributed by atoms with Crippen molar-refractivity contribution in [3.63, 3.8) is 0 Å². The average molecular weight is 437 g/mol. The fraction of sp³-hybridized carbons (Fsp3) is 0.767. The summed E-state index contributed by atoms with van der Waals surface area (Å²) in [5.41, 5.74) is 1.12. The average Bonchev–Trinajstić information content (AvgIpc) is 3.15. The molecular formula is C30H44O2. The molecule has 176 valence electrons. The second kappa shape index (κ2) is 8.80. The summed E-state index contributed by atoms with van der Waals surface area (Å²) in [4.78, 5) is 12.4. The molecule has 0 aliphatic heterocycles. The smallest absolute Gasteiger partial charge is 0.311 e. The highest BCUT2D eigenvalue weighted by Crippen LogP contribution is 2.68. The van der Waals surface area contributed by atoms with Crippen LogP contribution in [0.15, 0.2) is 30.3 Å². The molecule has 1 unspecified atom stereocenters. The molecule has 2 nitrogen and oxygen atoms in total. The first-order chi connectivity index (χ1) is 15.4. The second-order valence-corrected chi connectivity index (χ2v) is 12.4. The molecule has 1 aromatic rings. The molecule has 0 amide bonds. The molecule has 5 rings (SSSR count). The Morgan fingerprint density at radius 1 is 0.938 bits per heavy atom. The largest absolute Gasteiger partial charge is 0.427 e. The number of hydrogen-bond acceptors (Lipinski definition) is 2. The van der Waals surface area contributed by atoms with E-state index in [-0.39, 0.29) is 5.97 Å². The van der Waals surface area contributed by atoms with E-state index in [2.05, 4.69) is 20.8 Å². The number of hydrogen-bond donors (Lipinski definition) is 0. The lowest BCUT2D eigenvalue weighted by Crippen LogP contribution is -2.53. The molecule has 1 aromatic carbocycles. The fourth-order valence-electron chi connectivity index (χ4n) is 9.49. The van der Waals surface area contributed by atoms with Crippen molar-refractivity contribution in [3.8, 4) is 5.75 Å². The molecule has 0 bridgehead atoms. The van der Waals surface area contributed by atoms with Crippen molar-refractivity contribution in [3.05, 3.63) is 30.3 Å². The van der Waals surface area contributed by atoms with E-state index in [1.54, 1.807) is 0 Å². The van der Waals surface area contributed by atoms with Gasteiger partial charge in [0.25, 0.3) is 0 Å². The van der Waals surface area contributed by atoms with Gasteiger partial charge in [0.1, 0.15) is 5.75 Å². The highest BCUT2D eigenvalue weighted by Gasteiger charge is 2.60. The molecule has 4 aliphatic carbocycles. The Morgan fingerprint density at radius 2 is 1.72 bits per heavy atom. The summed E-state index contributed by atoms with van der Waals surface area (Å²) in [5.74, 6) is 5.85. The van der Waals surface area contributed by atoms with Crippen molar-refractivity contribution in [2.24, 2.45) is 46.3 Å². The SMILES string of the molecule is C[C@H](CCC(=O)Oc1ccccc1)[C@H]1CC[C@H]2[C@@H]3CCC4CCCC[C@]4(C)[C@H]3CC[C@]12C. The van der Waals surface area contributed by atoms with Gasteiger partial charge in [-0.05, 0) is 116 Å². The lowest BCUT2D eigenvalue weighted by Gasteiger charge is -2.61. The first kappa shape index (κ1) is 22.5. The molecule has 4 fully saturated rings. The minimum absolute atomic E-state index is 0.0741. The van der Waals surface area contributed by atoms with Crippen LogP contribution in [0.4, 0.5) is 0 Å². The van der Waals surface area contributed by atoms with Crippen molar-refractivity contribution in [2.75, 3.05) is 0 Å². The second-order valence-electron chi connectivity index (χ2n) is 12.4. The Balaban J connectivity index is 1.22. The zero-order valence-electron chi connectivity index (χ0n) is 20.7. The van der Waals surface area contributed by atoms with Gasteiger partial charge in [0.05, 0.1) is 0 Å². The zero-order chi connectivity index (χ0) is 22.3. The van der Waals surface area contributed by atoms with Gasteiger partial charge in [-0.25, -0.2) is 0 Å². The van der Waals surface area contributed by atoms with Gasteiger partial charge in [-0.15, -0.1) is 0 Å². The predicted molar refractivity (Wildman–Crippen MR) is 130 cm³/mol. The summed E-state index contributed by atoms with van der Waals surface area (Å²) in [6.07, 6.45) is 16.1. The lowest BCUT2D eigenvalue weighted by molar-refractivity contribution is -0.135. The van der Waals surface area contributed by atoms with Gasteiger partial charge in [-0.1, -0.05) is 51.8 Å². The molecular weight excluding hydrogens is 392 g/mol. The molecule has 8 atom stereocenters. The van der Waals surface area contributed by atoms with Crippen LogP contribution in [-0.2, 0) is 4.79 Å². The topological polar surface area (TPSA) is 26.3 Å². The Morgan fingerprint density at radius 3 is 2.53 bits per heavy atom. The maximum atomic E-state index is 12.4. The summed E-state index contributed by atoms with van der Waals surface area (Å²) in [6.45, 7) is 7.74. The highest BCUT2D eigenvalue weighted by atomic mass is 16.5. The Kier molecular flexibility index (Phi) is 6.18. The van der Waals surface area contributed by atoms with Gasteiger partial charge in [-0.3, -0.25) is 4.79 Å². The molecule has 32 heavy (non-hydrogen) atoms. The molecule has 2 heteroatoms. The molecule has 0 saturated heterocycles. The van der Waals surface area contributed by atoms with Crippen molar-refractivity contribution in [2.45, 2.75) is 97.8 Å². The van der Waals surface area contributed by atoms with Crippen molar-refractivity contribution in [1.82, 2.24) is 0 Å². The maximum Gasteiger partial charge on any atom is 0.311 e. The fourth-order valence-corrected chi connectivity index (χ4v) is 9.49. The van der Waals surface area contributed by atoms with E-state index in [9.17, 15) is 4.79 Å². The normalized spacial score (nSPS) is 41.8. The first-order valence-corrected chi connectivity index (χ1v) is 13.7. The molecule has 4 saturated carbocycles. The third-order valence-corrected chi connectivity index (χ3v) is 11.1. The van der Waals surface area contributed by atoms with E-state index in [0.717, 1.165) is 36.0 Å². The lowest BCUT2D eigenvalue weighted by atomic mass is 9.44. The van der Waals surface area contributed by atoms with E-state index in [1.165, 1.54) is 64.2 Å². The molecule has 0 spiro atoms. The number of carbonyl (C=O) groups is 1. The molecule has 0 N–H and O–H groups in total. The van der Waals surface area contributed by atoms with Gasteiger partial charge in [0.15, 0.2) is 0 Å². The van der Waals surface area contributed by atoms with Crippen LogP contribution < -0.4 is 4.74 Å². The van der Waals surface area contributed by atoms with Gasteiger partial charge < -0.3 is 4.74 Å². The Bertz CT molecular complexity index is 802. The third kappa shape index (κ3) is 3.84. The van der Waals surface area contributed by atoms with E-state index < -0.39 is 0 Å². The van der Waals surface area contributed by atoms with Crippen LogP contribution in [0, 0.1) is 46.3 Å². The molecule has 4 aliphatic rings. The number of ether oxygens (including phenoxy) is 1. The predicted octanol–water partition coefficient (Wildman–Crippen LogP) is 8.06. The number of benzene rings is 1. The minimum Gasteiger partial charge on any atom is -0.427 e. The zero-order valence-corrected chi connectivity index (χ0v) is 20.7. The number of esters is 1. The van der Waals surface area contributed by atoms with Crippen molar-refractivity contribution < 1.29 is 9.53 Å². The minimum atomic E-state index is -0.0741. The van der Waals surface area contributed by atoms with Crippen molar-refractivity contribution >= 4 is 5.97 Å². The van der Waals surface area contributed by atoms with Crippen LogP contribution in [0.3, 0.4) is 0 Å². The van der Waals surface area contributed by atoms with Crippen LogP contribution >= 0.6 is 0 Å². The van der Waals surface area contributed by atoms with Gasteiger partial charge in [0.2, 0.25) is 0 Å². The summed E-state index contributed by atoms with van der Waals surface area (Å²) in [5, 5.41) is 0. The summed E-state index contributed by atoms with van der Waals surface area (Å²) in [7, 11) is 0. The van der Waals surface area contributed by atoms with Gasteiger partial charge in [-0.2, -0.15) is 0 Å². The molecule has 0 heterocycles. The van der Waals surface area contributed by atoms with Crippen LogP contribution in [0.5, 0.6) is 5.75 Å². The summed E-state index contributed by atoms with van der Waals surface area (Å²) in [6, 6.07) is 9.52. The van der Waals surface area contributed by atoms with Crippen LogP contribution in [0.1, 0.15) is 97.8 Å². The van der Waals surface area contributed by atoms with Crippen LogP contribution in [0.2, 0.25) is 0 Å². The maximum absolute atomic E-state index is 12.4. The first-order valence-electron chi connectivity index (χ1n) is 13.7. The number of para-hydroxylation sites is 1. The van der Waals surface area contributed by atoms with Crippen LogP contribution in [0.25, 0.3) is 0 Å². The summed E-state index contributed by atoms with van der Waals surface area (Å²) < 4.78 is 5.55. The quantitative estimate of drug-likeness (QED) is 0.345. The number of fused-ring (bicyclic) bond motifs is 5. The Labute approximate surface area is 195 Å². The Hall–Kier alpha value is -1.31. The molecule has 0 radical (unpaired) electrons. The monoisotopic (exact) mass is 436 g/mol. The van der Waals surface area contributed by atoms with E-state index >= 15 is 0 Å². The van der Waals surface area contributed by atoms with Gasteiger partial charge in [0, 0.05) is 6.42 Å². The van der Waals surface area contributed by atoms with Crippen molar-refractivity contribution in [1.29, 1.82) is 0 Å². The molecule has 0 aromatic heterocycles. The number of rotatable bonds is 5. The van der Waals surface area contributed by atoms with E-state index in [1.807, 2.05) is 30.3 Å². The van der Waals surface area contributed by atoms with E-state index in [4.69, 9.17) is 4.74 Å². The van der Waals surface area contributed by atoms with Gasteiger partial charge >= 0.3 is 5.97 Å². The standard InChI is InChI=1S/C30H44O2/c1-21(12-17-28(31)32-23-10-5-4-6-11-23)25-15-16-26-24-14-13-22-9-7-8-19-29(22,2)27(24)18-20-30(25,26)3/h4-6,10-11,21-22,24-27H,7-9,12-20H2,1-3H3/t21-,22?,24+,25-,26+,27+,29+,30-/m1/s1. The summed E-state index contributed by atoms with van der Waals surface area (Å²) >= 11 is 0. The highest BCUT2D eigenvalue weighted by molar-refractivity contribution is 5.72. The number of carbonyl (C=O) groups excluding carboxylic acids is 1. The van der Waals surface area contributed by atoms with Crippen LogP contribution in [-0.4, -0.2) is 5.97 Å². The third-order valence-electron chi connectivity index (χ3n) is 11.1.